The third-order valence-electron chi connectivity index (χ3n) is 3.88. The third-order valence-corrected chi connectivity index (χ3v) is 5.40. The highest BCUT2D eigenvalue weighted by molar-refractivity contribution is 9.10. The van der Waals surface area contributed by atoms with E-state index in [0.29, 0.717) is 12.6 Å². The van der Waals surface area contributed by atoms with Gasteiger partial charge in [0, 0.05) is 27.6 Å². The van der Waals surface area contributed by atoms with Gasteiger partial charge in [-0.05, 0) is 54.6 Å². The molecule has 0 spiro atoms. The third kappa shape index (κ3) is 3.36. The van der Waals surface area contributed by atoms with Gasteiger partial charge in [-0.1, -0.05) is 15.9 Å². The van der Waals surface area contributed by atoms with Crippen LogP contribution in [0, 0.1) is 0 Å². The Hall–Kier alpha value is -1.17. The van der Waals surface area contributed by atoms with Gasteiger partial charge in [-0.25, -0.2) is 0 Å². The Kier molecular flexibility index (Phi) is 4.42. The number of rotatable bonds is 3. The molecule has 2 heterocycles. The molecule has 3 rings (SSSR count). The van der Waals surface area contributed by atoms with Crippen molar-refractivity contribution in [3.63, 3.8) is 0 Å². The molecule has 3 nitrogen and oxygen atoms in total. The molecule has 0 saturated carbocycles. The molecule has 0 saturated heterocycles. The summed E-state index contributed by atoms with van der Waals surface area (Å²) in [4.78, 5) is 15.9. The van der Waals surface area contributed by atoms with Crippen molar-refractivity contribution in [2.24, 2.45) is 0 Å². The van der Waals surface area contributed by atoms with E-state index in [4.69, 9.17) is 0 Å². The van der Waals surface area contributed by atoms with Crippen LogP contribution in [-0.4, -0.2) is 23.9 Å². The number of carbonyl (C=O) groups is 1. The number of benzene rings is 1. The Balaban J connectivity index is 1.62. The lowest BCUT2D eigenvalue weighted by molar-refractivity contribution is -0.117. The Labute approximate surface area is 137 Å². The van der Waals surface area contributed by atoms with Gasteiger partial charge >= 0.3 is 0 Å². The molecule has 0 unspecified atom stereocenters. The maximum atomic E-state index is 12.2. The summed E-state index contributed by atoms with van der Waals surface area (Å²) in [6, 6.07) is 10.2. The molecule has 0 aliphatic carbocycles. The van der Waals surface area contributed by atoms with E-state index in [2.05, 4.69) is 44.5 Å². The molecule has 110 valence electrons. The highest BCUT2D eigenvalue weighted by Gasteiger charge is 2.25. The van der Waals surface area contributed by atoms with Gasteiger partial charge in [0.05, 0.1) is 6.54 Å². The van der Waals surface area contributed by atoms with E-state index in [0.717, 1.165) is 23.1 Å². The van der Waals surface area contributed by atoms with Crippen LogP contribution in [0.2, 0.25) is 0 Å². The molecule has 21 heavy (non-hydrogen) atoms. The fourth-order valence-corrected chi connectivity index (χ4v) is 3.92. The summed E-state index contributed by atoms with van der Waals surface area (Å²) >= 11 is 5.21. The SMILES string of the molecule is C[C@@H]1c2ccsc2CCN1CC(=O)Nc1ccc(Br)cc1. The number of halogens is 1. The molecule has 0 radical (unpaired) electrons. The first-order chi connectivity index (χ1) is 10.1. The van der Waals surface area contributed by atoms with Crippen molar-refractivity contribution in [2.45, 2.75) is 19.4 Å². The molecule has 1 amide bonds. The zero-order valence-corrected chi connectivity index (χ0v) is 14.2. The van der Waals surface area contributed by atoms with Crippen molar-refractivity contribution in [3.8, 4) is 0 Å². The molecule has 1 aromatic heterocycles. The Morgan fingerprint density at radius 3 is 2.90 bits per heavy atom. The van der Waals surface area contributed by atoms with Gasteiger partial charge in [0.2, 0.25) is 5.91 Å². The first kappa shape index (κ1) is 14.8. The molecule has 0 fully saturated rings. The fourth-order valence-electron chi connectivity index (χ4n) is 2.70. The molecule has 1 N–H and O–H groups in total. The molecular weight excluding hydrogens is 348 g/mol. The predicted molar refractivity (Wildman–Crippen MR) is 90.8 cm³/mol. The first-order valence-corrected chi connectivity index (χ1v) is 8.66. The zero-order chi connectivity index (χ0) is 14.8. The molecule has 1 aliphatic rings. The molecule has 1 aromatic carbocycles. The molecule has 2 aromatic rings. The Bertz CT molecular complexity index is 638. The first-order valence-electron chi connectivity index (χ1n) is 6.99. The van der Waals surface area contributed by atoms with Crippen LogP contribution in [0.5, 0.6) is 0 Å². The molecule has 1 atom stereocenters. The molecule has 1 aliphatic heterocycles. The van der Waals surface area contributed by atoms with E-state index in [1.54, 1.807) is 0 Å². The van der Waals surface area contributed by atoms with Gasteiger partial charge in [0.15, 0.2) is 0 Å². The number of hydrogen-bond donors (Lipinski definition) is 1. The minimum absolute atomic E-state index is 0.0443. The van der Waals surface area contributed by atoms with Crippen molar-refractivity contribution < 1.29 is 4.79 Å². The van der Waals surface area contributed by atoms with Crippen LogP contribution in [0.15, 0.2) is 40.2 Å². The van der Waals surface area contributed by atoms with Crippen molar-refractivity contribution in [1.82, 2.24) is 4.90 Å². The van der Waals surface area contributed by atoms with Crippen molar-refractivity contribution in [3.05, 3.63) is 50.6 Å². The molecule has 0 bridgehead atoms. The lowest BCUT2D eigenvalue weighted by Crippen LogP contribution is -2.39. The smallest absolute Gasteiger partial charge is 0.238 e. The summed E-state index contributed by atoms with van der Waals surface area (Å²) in [7, 11) is 0. The second kappa shape index (κ2) is 6.30. The number of carbonyl (C=O) groups excluding carboxylic acids is 1. The van der Waals surface area contributed by atoms with Crippen molar-refractivity contribution in [2.75, 3.05) is 18.4 Å². The second-order valence-electron chi connectivity index (χ2n) is 5.25. The Morgan fingerprint density at radius 1 is 1.38 bits per heavy atom. The van der Waals surface area contributed by atoms with Crippen LogP contribution in [0.1, 0.15) is 23.4 Å². The quantitative estimate of drug-likeness (QED) is 0.890. The number of fused-ring (bicyclic) bond motifs is 1. The number of thiophene rings is 1. The second-order valence-corrected chi connectivity index (χ2v) is 7.17. The average Bonchev–Trinajstić information content (AvgIpc) is 2.94. The number of nitrogens with zero attached hydrogens (tertiary/aromatic N) is 1. The Morgan fingerprint density at radius 2 is 2.14 bits per heavy atom. The summed E-state index contributed by atoms with van der Waals surface area (Å²) in [6.45, 7) is 3.56. The van der Waals surface area contributed by atoms with E-state index in [1.165, 1.54) is 10.4 Å². The van der Waals surface area contributed by atoms with Gasteiger partial charge < -0.3 is 5.32 Å². The zero-order valence-electron chi connectivity index (χ0n) is 11.8. The van der Waals surface area contributed by atoms with Gasteiger partial charge in [0.25, 0.3) is 0 Å². The van der Waals surface area contributed by atoms with Gasteiger partial charge in [0.1, 0.15) is 0 Å². The number of nitrogens with one attached hydrogen (secondary N) is 1. The number of hydrogen-bond acceptors (Lipinski definition) is 3. The lowest BCUT2D eigenvalue weighted by Gasteiger charge is -2.32. The fraction of sp³-hybridized carbons (Fsp3) is 0.312. The summed E-state index contributed by atoms with van der Waals surface area (Å²) in [5, 5.41) is 5.10. The van der Waals surface area contributed by atoms with Crippen LogP contribution < -0.4 is 5.32 Å². The number of anilines is 1. The summed E-state index contributed by atoms with van der Waals surface area (Å²) in [5.74, 6) is 0.0443. The van der Waals surface area contributed by atoms with Crippen LogP contribution in [0.4, 0.5) is 5.69 Å². The van der Waals surface area contributed by atoms with Crippen LogP contribution in [0.25, 0.3) is 0 Å². The topological polar surface area (TPSA) is 32.3 Å². The minimum atomic E-state index is 0.0443. The van der Waals surface area contributed by atoms with Crippen LogP contribution >= 0.6 is 27.3 Å². The number of amides is 1. The maximum absolute atomic E-state index is 12.2. The van der Waals surface area contributed by atoms with Gasteiger partial charge in [-0.2, -0.15) is 0 Å². The maximum Gasteiger partial charge on any atom is 0.238 e. The van der Waals surface area contributed by atoms with E-state index in [1.807, 2.05) is 35.6 Å². The normalized spacial score (nSPS) is 18.3. The monoisotopic (exact) mass is 364 g/mol. The lowest BCUT2D eigenvalue weighted by atomic mass is 10.0. The summed E-state index contributed by atoms with van der Waals surface area (Å²) in [6.07, 6.45) is 1.04. The van der Waals surface area contributed by atoms with Crippen molar-refractivity contribution in [1.29, 1.82) is 0 Å². The van der Waals surface area contributed by atoms with E-state index < -0.39 is 0 Å². The minimum Gasteiger partial charge on any atom is -0.325 e. The average molecular weight is 365 g/mol. The predicted octanol–water partition coefficient (Wildman–Crippen LogP) is 4.07. The molecular formula is C16H17BrN2OS. The standard InChI is InChI=1S/C16H17BrN2OS/c1-11-14-7-9-21-15(14)6-8-19(11)10-16(20)18-13-4-2-12(17)3-5-13/h2-5,7,9,11H,6,8,10H2,1H3,(H,18,20)/t11-/m1/s1. The highest BCUT2D eigenvalue weighted by Crippen LogP contribution is 2.32. The van der Waals surface area contributed by atoms with Crippen LogP contribution in [0.3, 0.4) is 0 Å². The highest BCUT2D eigenvalue weighted by atomic mass is 79.9. The van der Waals surface area contributed by atoms with Gasteiger partial charge in [-0.15, -0.1) is 11.3 Å². The van der Waals surface area contributed by atoms with Crippen molar-refractivity contribution >= 4 is 38.9 Å². The van der Waals surface area contributed by atoms with E-state index >= 15 is 0 Å². The van der Waals surface area contributed by atoms with E-state index in [-0.39, 0.29) is 5.91 Å². The largest absolute Gasteiger partial charge is 0.325 e. The van der Waals surface area contributed by atoms with Crippen LogP contribution in [-0.2, 0) is 11.2 Å². The summed E-state index contributed by atoms with van der Waals surface area (Å²) in [5.41, 5.74) is 2.21. The van der Waals surface area contributed by atoms with E-state index in [9.17, 15) is 4.79 Å². The summed E-state index contributed by atoms with van der Waals surface area (Å²) < 4.78 is 1.01. The molecule has 5 heteroatoms. The van der Waals surface area contributed by atoms with Gasteiger partial charge in [-0.3, -0.25) is 9.69 Å².